The Morgan fingerprint density at radius 3 is 2.67 bits per heavy atom. The highest BCUT2D eigenvalue weighted by molar-refractivity contribution is 6.32. The van der Waals surface area contributed by atoms with E-state index in [1.165, 1.54) is 6.20 Å². The largest absolute Gasteiger partial charge is 0.461 e. The summed E-state index contributed by atoms with van der Waals surface area (Å²) in [5, 5.41) is 2.70. The molecule has 27 heavy (non-hydrogen) atoms. The second-order valence-corrected chi connectivity index (χ2v) is 6.04. The number of pyridine rings is 1. The fraction of sp³-hybridized carbons (Fsp3) is 0.150. The number of hydrogen-bond acceptors (Lipinski definition) is 5. The predicted octanol–water partition coefficient (Wildman–Crippen LogP) is 4.11. The monoisotopic (exact) mass is 384 g/mol. The van der Waals surface area contributed by atoms with Crippen LogP contribution in [0.15, 0.2) is 65.2 Å². The molecular formula is C20H17ClN2O4. The van der Waals surface area contributed by atoms with Gasteiger partial charge in [-0.2, -0.15) is 0 Å². The molecule has 0 aliphatic carbocycles. The maximum atomic E-state index is 11.8. The molecule has 1 aromatic carbocycles. The van der Waals surface area contributed by atoms with Gasteiger partial charge in [-0.1, -0.05) is 41.9 Å². The summed E-state index contributed by atoms with van der Waals surface area (Å²) >= 11 is 5.85. The number of aryl methyl sites for hydroxylation is 1. The van der Waals surface area contributed by atoms with Gasteiger partial charge in [0, 0.05) is 18.2 Å². The van der Waals surface area contributed by atoms with Crippen molar-refractivity contribution in [2.24, 2.45) is 0 Å². The van der Waals surface area contributed by atoms with Crippen LogP contribution in [0.3, 0.4) is 0 Å². The van der Waals surface area contributed by atoms with Gasteiger partial charge in [-0.3, -0.25) is 9.59 Å². The Labute approximate surface area is 161 Å². The van der Waals surface area contributed by atoms with E-state index >= 15 is 0 Å². The number of nitrogens with zero attached hydrogens (tertiary/aromatic N) is 1. The average molecular weight is 385 g/mol. The third-order valence-corrected chi connectivity index (χ3v) is 3.99. The van der Waals surface area contributed by atoms with Crippen molar-refractivity contribution in [3.8, 4) is 11.3 Å². The van der Waals surface area contributed by atoms with Crippen molar-refractivity contribution in [3.63, 3.8) is 0 Å². The van der Waals surface area contributed by atoms with Gasteiger partial charge >= 0.3 is 5.97 Å². The van der Waals surface area contributed by atoms with E-state index in [9.17, 15) is 9.59 Å². The molecule has 1 amide bonds. The Hall–Kier alpha value is -3.12. The van der Waals surface area contributed by atoms with Crippen molar-refractivity contribution in [2.75, 3.05) is 11.9 Å². The molecule has 2 aromatic heterocycles. The minimum Gasteiger partial charge on any atom is -0.461 e. The SMILES string of the molecule is O=C(COC(=O)CCc1ccc(-c2ccccc2)o1)Nc1cccnc1Cl. The van der Waals surface area contributed by atoms with Crippen molar-refractivity contribution in [1.82, 2.24) is 4.98 Å². The van der Waals surface area contributed by atoms with Crippen LogP contribution in [-0.2, 0) is 20.7 Å². The Kier molecular flexibility index (Phi) is 6.22. The van der Waals surface area contributed by atoms with Crippen molar-refractivity contribution in [1.29, 1.82) is 0 Å². The second kappa shape index (κ2) is 9.00. The van der Waals surface area contributed by atoms with Gasteiger partial charge in [-0.05, 0) is 24.3 Å². The Morgan fingerprint density at radius 2 is 1.89 bits per heavy atom. The van der Waals surface area contributed by atoms with E-state index in [1.807, 2.05) is 42.5 Å². The molecule has 0 radical (unpaired) electrons. The molecule has 0 saturated carbocycles. The number of ether oxygens (including phenoxy) is 1. The molecule has 0 atom stereocenters. The quantitative estimate of drug-likeness (QED) is 0.489. The van der Waals surface area contributed by atoms with E-state index in [-0.39, 0.29) is 11.6 Å². The number of nitrogens with one attached hydrogen (secondary N) is 1. The lowest BCUT2D eigenvalue weighted by molar-refractivity contribution is -0.147. The smallest absolute Gasteiger partial charge is 0.306 e. The maximum Gasteiger partial charge on any atom is 0.306 e. The zero-order valence-electron chi connectivity index (χ0n) is 14.4. The van der Waals surface area contributed by atoms with Crippen LogP contribution < -0.4 is 5.32 Å². The van der Waals surface area contributed by atoms with Gasteiger partial charge in [0.25, 0.3) is 5.91 Å². The van der Waals surface area contributed by atoms with E-state index in [0.29, 0.717) is 17.9 Å². The van der Waals surface area contributed by atoms with Crippen LogP contribution in [0.5, 0.6) is 0 Å². The standard InChI is InChI=1S/C20H17ClN2O4/c21-20-16(7-4-12-22-20)23-18(24)13-26-19(25)11-9-15-8-10-17(27-15)14-5-2-1-3-6-14/h1-8,10,12H,9,11,13H2,(H,23,24). The summed E-state index contributed by atoms with van der Waals surface area (Å²) in [4.78, 5) is 27.5. The second-order valence-electron chi connectivity index (χ2n) is 5.68. The minimum atomic E-state index is -0.486. The van der Waals surface area contributed by atoms with Gasteiger partial charge in [0.15, 0.2) is 11.8 Å². The molecule has 7 heteroatoms. The molecule has 6 nitrogen and oxygen atoms in total. The van der Waals surface area contributed by atoms with Crippen LogP contribution in [-0.4, -0.2) is 23.5 Å². The number of halogens is 1. The Balaban J connectivity index is 1.43. The summed E-state index contributed by atoms with van der Waals surface area (Å²) in [6.45, 7) is -0.391. The highest BCUT2D eigenvalue weighted by Gasteiger charge is 2.11. The molecule has 1 N–H and O–H groups in total. The summed E-state index contributed by atoms with van der Waals surface area (Å²) in [5.74, 6) is 0.451. The molecule has 0 spiro atoms. The van der Waals surface area contributed by atoms with Gasteiger partial charge in [0.2, 0.25) is 0 Å². The van der Waals surface area contributed by atoms with Crippen molar-refractivity contribution < 1.29 is 18.7 Å². The molecule has 2 heterocycles. The number of benzene rings is 1. The number of carbonyl (C=O) groups is 2. The summed E-state index contributed by atoms with van der Waals surface area (Å²) in [6.07, 6.45) is 2.01. The van der Waals surface area contributed by atoms with E-state index < -0.39 is 18.5 Å². The average Bonchev–Trinajstić information content (AvgIpc) is 3.16. The third kappa shape index (κ3) is 5.43. The van der Waals surface area contributed by atoms with Crippen LogP contribution in [0, 0.1) is 0 Å². The number of amides is 1. The van der Waals surface area contributed by atoms with Gasteiger partial charge in [-0.25, -0.2) is 4.98 Å². The molecule has 3 rings (SSSR count). The highest BCUT2D eigenvalue weighted by Crippen LogP contribution is 2.22. The van der Waals surface area contributed by atoms with Crippen molar-refractivity contribution in [3.05, 3.63) is 71.7 Å². The first kappa shape index (κ1) is 18.7. The summed E-state index contributed by atoms with van der Waals surface area (Å²) in [5.41, 5.74) is 1.33. The molecule has 0 aliphatic rings. The van der Waals surface area contributed by atoms with Gasteiger partial charge < -0.3 is 14.5 Å². The van der Waals surface area contributed by atoms with Gasteiger partial charge in [0.05, 0.1) is 12.1 Å². The zero-order chi connectivity index (χ0) is 19.1. The van der Waals surface area contributed by atoms with Crippen LogP contribution in [0.2, 0.25) is 5.15 Å². The number of anilines is 1. The van der Waals surface area contributed by atoms with Crippen LogP contribution in [0.4, 0.5) is 5.69 Å². The Morgan fingerprint density at radius 1 is 1.07 bits per heavy atom. The normalized spacial score (nSPS) is 10.4. The summed E-state index contributed by atoms with van der Waals surface area (Å²) < 4.78 is 10.7. The van der Waals surface area contributed by atoms with Crippen molar-refractivity contribution in [2.45, 2.75) is 12.8 Å². The lowest BCUT2D eigenvalue weighted by atomic mass is 10.2. The van der Waals surface area contributed by atoms with Crippen molar-refractivity contribution >= 4 is 29.2 Å². The first-order chi connectivity index (χ1) is 13.1. The number of esters is 1. The summed E-state index contributed by atoms with van der Waals surface area (Å²) in [6, 6.07) is 16.6. The molecular weight excluding hydrogens is 368 g/mol. The third-order valence-electron chi connectivity index (χ3n) is 3.69. The number of carbonyl (C=O) groups excluding carboxylic acids is 2. The highest BCUT2D eigenvalue weighted by atomic mass is 35.5. The number of hydrogen-bond donors (Lipinski definition) is 1. The van der Waals surface area contributed by atoms with E-state index in [0.717, 1.165) is 11.3 Å². The van der Waals surface area contributed by atoms with E-state index in [4.69, 9.17) is 20.8 Å². The van der Waals surface area contributed by atoms with E-state index in [1.54, 1.807) is 12.1 Å². The van der Waals surface area contributed by atoms with E-state index in [2.05, 4.69) is 10.3 Å². The van der Waals surface area contributed by atoms with Crippen LogP contribution in [0.1, 0.15) is 12.2 Å². The lowest BCUT2D eigenvalue weighted by Crippen LogP contribution is -2.21. The first-order valence-electron chi connectivity index (χ1n) is 8.32. The molecule has 0 aliphatic heterocycles. The maximum absolute atomic E-state index is 11.8. The topological polar surface area (TPSA) is 81.4 Å². The minimum absolute atomic E-state index is 0.114. The molecule has 3 aromatic rings. The number of aromatic nitrogens is 1. The lowest BCUT2D eigenvalue weighted by Gasteiger charge is -2.07. The first-order valence-corrected chi connectivity index (χ1v) is 8.70. The fourth-order valence-corrected chi connectivity index (χ4v) is 2.55. The van der Waals surface area contributed by atoms with Gasteiger partial charge in [0.1, 0.15) is 11.5 Å². The van der Waals surface area contributed by atoms with Crippen LogP contribution >= 0.6 is 11.6 Å². The van der Waals surface area contributed by atoms with Gasteiger partial charge in [-0.15, -0.1) is 0 Å². The molecule has 0 bridgehead atoms. The molecule has 138 valence electrons. The Bertz CT molecular complexity index is 924. The predicted molar refractivity (Wildman–Crippen MR) is 101 cm³/mol. The fourth-order valence-electron chi connectivity index (χ4n) is 2.38. The molecule has 0 saturated heterocycles. The van der Waals surface area contributed by atoms with Crippen LogP contribution in [0.25, 0.3) is 11.3 Å². The number of furan rings is 1. The number of rotatable bonds is 7. The molecule has 0 fully saturated rings. The summed E-state index contributed by atoms with van der Waals surface area (Å²) in [7, 11) is 0. The molecule has 0 unspecified atom stereocenters. The zero-order valence-corrected chi connectivity index (χ0v) is 15.1.